The summed E-state index contributed by atoms with van der Waals surface area (Å²) < 4.78 is 6.83. The van der Waals surface area contributed by atoms with Gasteiger partial charge in [-0.25, -0.2) is 0 Å². The molecule has 1 fully saturated rings. The van der Waals surface area contributed by atoms with E-state index in [9.17, 15) is 0 Å². The normalized spacial score (nSPS) is 25.1. The molecule has 0 amide bonds. The molecule has 1 saturated heterocycles. The van der Waals surface area contributed by atoms with E-state index in [0.717, 1.165) is 36.5 Å². The summed E-state index contributed by atoms with van der Waals surface area (Å²) in [6.45, 7) is 8.42. The van der Waals surface area contributed by atoms with Gasteiger partial charge in [-0.15, -0.1) is 0 Å². The number of nitrogens with zero attached hydrogens (tertiary/aromatic N) is 1. The molecule has 0 radical (unpaired) electrons. The van der Waals surface area contributed by atoms with Crippen LogP contribution in [0.5, 0.6) is 5.75 Å². The Morgan fingerprint density at radius 2 is 1.83 bits per heavy atom. The minimum Gasteiger partial charge on any atom is -0.492 e. The molecular formula is C14H21BrN2O. The Hall–Kier alpha value is -0.580. The Bertz CT molecular complexity index is 359. The minimum atomic E-state index is 0.571. The summed E-state index contributed by atoms with van der Waals surface area (Å²) in [6.07, 6.45) is 0. The Balaban J connectivity index is 1.73. The molecule has 0 spiro atoms. The zero-order valence-electron chi connectivity index (χ0n) is 11.0. The van der Waals surface area contributed by atoms with E-state index in [1.165, 1.54) is 0 Å². The lowest BCUT2D eigenvalue weighted by Crippen LogP contribution is -2.54. The van der Waals surface area contributed by atoms with Gasteiger partial charge in [0.1, 0.15) is 12.4 Å². The Labute approximate surface area is 118 Å². The average Bonchev–Trinajstić information content (AvgIpc) is 2.30. The van der Waals surface area contributed by atoms with Gasteiger partial charge in [0.15, 0.2) is 0 Å². The van der Waals surface area contributed by atoms with E-state index < -0.39 is 0 Å². The molecule has 1 heterocycles. The van der Waals surface area contributed by atoms with Crippen LogP contribution >= 0.6 is 15.9 Å². The smallest absolute Gasteiger partial charge is 0.119 e. The van der Waals surface area contributed by atoms with Gasteiger partial charge in [-0.2, -0.15) is 0 Å². The lowest BCUT2D eigenvalue weighted by molar-refractivity contribution is 0.146. The monoisotopic (exact) mass is 312 g/mol. The number of hydrogen-bond acceptors (Lipinski definition) is 3. The summed E-state index contributed by atoms with van der Waals surface area (Å²) >= 11 is 3.42. The van der Waals surface area contributed by atoms with Crippen LogP contribution in [0, 0.1) is 0 Å². The van der Waals surface area contributed by atoms with Gasteiger partial charge < -0.3 is 10.1 Å². The maximum absolute atomic E-state index is 5.75. The molecule has 4 heteroatoms. The molecule has 100 valence electrons. The van der Waals surface area contributed by atoms with Crippen molar-refractivity contribution in [3.05, 3.63) is 28.7 Å². The Morgan fingerprint density at radius 3 is 2.44 bits per heavy atom. The highest BCUT2D eigenvalue weighted by atomic mass is 79.9. The first-order valence-electron chi connectivity index (χ1n) is 6.50. The van der Waals surface area contributed by atoms with E-state index in [4.69, 9.17) is 4.74 Å². The highest BCUT2D eigenvalue weighted by Gasteiger charge is 2.20. The lowest BCUT2D eigenvalue weighted by Gasteiger charge is -2.35. The fourth-order valence-corrected chi connectivity index (χ4v) is 2.71. The van der Waals surface area contributed by atoms with E-state index in [0.29, 0.717) is 12.1 Å². The molecule has 1 aromatic carbocycles. The predicted molar refractivity (Wildman–Crippen MR) is 78.1 cm³/mol. The lowest BCUT2D eigenvalue weighted by atomic mass is 10.1. The van der Waals surface area contributed by atoms with Crippen LogP contribution in [0.2, 0.25) is 0 Å². The predicted octanol–water partition coefficient (Wildman–Crippen LogP) is 2.51. The van der Waals surface area contributed by atoms with Crippen molar-refractivity contribution in [1.29, 1.82) is 0 Å². The van der Waals surface area contributed by atoms with E-state index in [1.54, 1.807) is 0 Å². The van der Waals surface area contributed by atoms with Gasteiger partial charge in [-0.1, -0.05) is 15.9 Å². The number of ether oxygens (including phenoxy) is 1. The molecule has 1 N–H and O–H groups in total. The van der Waals surface area contributed by atoms with Crippen LogP contribution < -0.4 is 10.1 Å². The van der Waals surface area contributed by atoms with Crippen molar-refractivity contribution in [3.63, 3.8) is 0 Å². The first-order valence-corrected chi connectivity index (χ1v) is 7.29. The second-order valence-electron chi connectivity index (χ2n) is 5.03. The molecule has 1 aliphatic heterocycles. The number of hydrogen-bond donors (Lipinski definition) is 1. The van der Waals surface area contributed by atoms with Gasteiger partial charge in [-0.3, -0.25) is 4.90 Å². The molecule has 0 saturated carbocycles. The summed E-state index contributed by atoms with van der Waals surface area (Å²) in [6, 6.07) is 9.14. The maximum atomic E-state index is 5.75. The topological polar surface area (TPSA) is 24.5 Å². The van der Waals surface area contributed by atoms with Crippen molar-refractivity contribution >= 4 is 15.9 Å². The summed E-state index contributed by atoms with van der Waals surface area (Å²) in [5.74, 6) is 0.939. The molecule has 2 atom stereocenters. The summed E-state index contributed by atoms with van der Waals surface area (Å²) in [4.78, 5) is 2.46. The first-order chi connectivity index (χ1) is 8.63. The highest BCUT2D eigenvalue weighted by Crippen LogP contribution is 2.16. The van der Waals surface area contributed by atoms with Gasteiger partial charge >= 0.3 is 0 Å². The molecule has 2 unspecified atom stereocenters. The molecular weight excluding hydrogens is 292 g/mol. The van der Waals surface area contributed by atoms with Crippen molar-refractivity contribution < 1.29 is 4.74 Å². The first kappa shape index (κ1) is 13.8. The average molecular weight is 313 g/mol. The molecule has 0 aliphatic carbocycles. The Kier molecular flexibility index (Phi) is 5.03. The van der Waals surface area contributed by atoms with Gasteiger partial charge in [-0.05, 0) is 38.1 Å². The molecule has 3 nitrogen and oxygen atoms in total. The van der Waals surface area contributed by atoms with E-state index in [1.807, 2.05) is 24.3 Å². The van der Waals surface area contributed by atoms with Crippen molar-refractivity contribution in [2.45, 2.75) is 25.9 Å². The second-order valence-corrected chi connectivity index (χ2v) is 5.95. The van der Waals surface area contributed by atoms with Gasteiger partial charge in [0.05, 0.1) is 0 Å². The number of halogens is 1. The minimum absolute atomic E-state index is 0.571. The molecule has 0 bridgehead atoms. The van der Waals surface area contributed by atoms with Gasteiger partial charge in [0.25, 0.3) is 0 Å². The third-order valence-electron chi connectivity index (χ3n) is 3.12. The number of piperazine rings is 1. The van der Waals surface area contributed by atoms with Crippen LogP contribution in [0.1, 0.15) is 13.8 Å². The Morgan fingerprint density at radius 1 is 1.22 bits per heavy atom. The van der Waals surface area contributed by atoms with Crippen LogP contribution in [0.3, 0.4) is 0 Å². The van der Waals surface area contributed by atoms with Crippen molar-refractivity contribution in [3.8, 4) is 5.75 Å². The maximum Gasteiger partial charge on any atom is 0.119 e. The highest BCUT2D eigenvalue weighted by molar-refractivity contribution is 9.10. The summed E-state index contributed by atoms with van der Waals surface area (Å²) in [5.41, 5.74) is 0. The fourth-order valence-electron chi connectivity index (χ4n) is 2.45. The second kappa shape index (κ2) is 6.55. The molecule has 1 aromatic rings. The SMILES string of the molecule is CC1CN(CCOc2ccc(Br)cc2)CC(C)N1. The molecule has 0 aromatic heterocycles. The number of benzene rings is 1. The van der Waals surface area contributed by atoms with Crippen molar-refractivity contribution in [1.82, 2.24) is 10.2 Å². The van der Waals surface area contributed by atoms with Crippen LogP contribution in [0.4, 0.5) is 0 Å². The summed E-state index contributed by atoms with van der Waals surface area (Å²) in [5, 5.41) is 3.54. The number of rotatable bonds is 4. The third kappa shape index (κ3) is 4.26. The standard InChI is InChI=1S/C14H21BrN2O/c1-11-9-17(10-12(2)16-11)7-8-18-14-5-3-13(15)4-6-14/h3-6,11-12,16H,7-10H2,1-2H3. The van der Waals surface area contributed by atoms with E-state index >= 15 is 0 Å². The number of nitrogens with one attached hydrogen (secondary N) is 1. The molecule has 18 heavy (non-hydrogen) atoms. The van der Waals surface area contributed by atoms with E-state index in [2.05, 4.69) is 40.0 Å². The van der Waals surface area contributed by atoms with Crippen LogP contribution in [0.25, 0.3) is 0 Å². The zero-order chi connectivity index (χ0) is 13.0. The van der Waals surface area contributed by atoms with Gasteiger partial charge in [0.2, 0.25) is 0 Å². The van der Waals surface area contributed by atoms with Crippen molar-refractivity contribution in [2.24, 2.45) is 0 Å². The fraction of sp³-hybridized carbons (Fsp3) is 0.571. The van der Waals surface area contributed by atoms with Gasteiger partial charge in [0, 0.05) is 36.2 Å². The quantitative estimate of drug-likeness (QED) is 0.924. The largest absolute Gasteiger partial charge is 0.492 e. The summed E-state index contributed by atoms with van der Waals surface area (Å²) in [7, 11) is 0. The van der Waals surface area contributed by atoms with E-state index in [-0.39, 0.29) is 0 Å². The molecule has 2 rings (SSSR count). The van der Waals surface area contributed by atoms with Crippen molar-refractivity contribution in [2.75, 3.05) is 26.2 Å². The van der Waals surface area contributed by atoms with Crippen LogP contribution in [0.15, 0.2) is 28.7 Å². The zero-order valence-corrected chi connectivity index (χ0v) is 12.6. The molecule has 1 aliphatic rings. The van der Waals surface area contributed by atoms with Crippen LogP contribution in [-0.2, 0) is 0 Å². The van der Waals surface area contributed by atoms with Crippen LogP contribution in [-0.4, -0.2) is 43.2 Å². The third-order valence-corrected chi connectivity index (χ3v) is 3.65.